The van der Waals surface area contributed by atoms with E-state index in [2.05, 4.69) is 48.5 Å². The molecule has 0 bridgehead atoms. The fourth-order valence-corrected chi connectivity index (χ4v) is 4.95. The molecule has 210 valence electrons. The van der Waals surface area contributed by atoms with Crippen LogP contribution in [0.25, 0.3) is 11.1 Å². The van der Waals surface area contributed by atoms with Gasteiger partial charge >= 0.3 is 0 Å². The molecular formula is C34H38O6. The molecule has 0 fully saturated rings. The maximum absolute atomic E-state index is 5.52. The van der Waals surface area contributed by atoms with Crippen molar-refractivity contribution in [2.45, 2.75) is 25.7 Å². The molecule has 6 heteroatoms. The van der Waals surface area contributed by atoms with Crippen LogP contribution in [0.1, 0.15) is 22.3 Å². The molecule has 0 heterocycles. The first-order valence-corrected chi connectivity index (χ1v) is 13.3. The molecule has 0 N–H and O–H groups in total. The highest BCUT2D eigenvalue weighted by molar-refractivity contribution is 5.65. The highest BCUT2D eigenvalue weighted by atomic mass is 16.5. The van der Waals surface area contributed by atoms with Crippen molar-refractivity contribution in [3.05, 3.63) is 95.1 Å². The van der Waals surface area contributed by atoms with Gasteiger partial charge in [-0.15, -0.1) is 0 Å². The molecule has 0 aliphatic rings. The lowest BCUT2D eigenvalue weighted by Crippen LogP contribution is -1.99. The lowest BCUT2D eigenvalue weighted by molar-refractivity contribution is 0.324. The number of methoxy groups -OCH3 is 6. The zero-order valence-electron chi connectivity index (χ0n) is 24.2. The van der Waals surface area contributed by atoms with Crippen LogP contribution in [0, 0.1) is 0 Å². The third-order valence-corrected chi connectivity index (χ3v) is 7.04. The van der Waals surface area contributed by atoms with Crippen molar-refractivity contribution in [1.29, 1.82) is 0 Å². The summed E-state index contributed by atoms with van der Waals surface area (Å²) in [5.74, 6) is 3.92. The van der Waals surface area contributed by atoms with Gasteiger partial charge in [-0.25, -0.2) is 0 Å². The second kappa shape index (κ2) is 13.7. The number of ether oxygens (including phenoxy) is 6. The predicted molar refractivity (Wildman–Crippen MR) is 159 cm³/mol. The Morgan fingerprint density at radius 2 is 0.700 bits per heavy atom. The minimum atomic E-state index is 0.612. The van der Waals surface area contributed by atoms with E-state index in [1.54, 1.807) is 42.7 Å². The highest BCUT2D eigenvalue weighted by Gasteiger charge is 2.14. The first-order chi connectivity index (χ1) is 19.5. The lowest BCUT2D eigenvalue weighted by Gasteiger charge is -2.14. The molecular weight excluding hydrogens is 504 g/mol. The van der Waals surface area contributed by atoms with Gasteiger partial charge in [-0.1, -0.05) is 48.5 Å². The second-order valence-corrected chi connectivity index (χ2v) is 9.47. The van der Waals surface area contributed by atoms with Crippen LogP contribution in [-0.2, 0) is 25.7 Å². The molecule has 4 aromatic rings. The van der Waals surface area contributed by atoms with Crippen molar-refractivity contribution in [3.8, 4) is 45.6 Å². The van der Waals surface area contributed by atoms with E-state index in [4.69, 9.17) is 28.4 Å². The van der Waals surface area contributed by atoms with Gasteiger partial charge in [0, 0.05) is 0 Å². The number of rotatable bonds is 13. The minimum Gasteiger partial charge on any atom is -0.493 e. The summed E-state index contributed by atoms with van der Waals surface area (Å²) in [6.07, 6.45) is 3.50. The Bertz CT molecular complexity index is 1270. The zero-order valence-corrected chi connectivity index (χ0v) is 24.2. The molecule has 0 unspecified atom stereocenters. The summed E-state index contributed by atoms with van der Waals surface area (Å²) in [4.78, 5) is 0. The molecule has 0 aromatic heterocycles. The van der Waals surface area contributed by atoms with Gasteiger partial charge in [0.25, 0.3) is 0 Å². The van der Waals surface area contributed by atoms with Crippen molar-refractivity contribution in [3.63, 3.8) is 0 Å². The summed E-state index contributed by atoms with van der Waals surface area (Å²) in [6.45, 7) is 0. The van der Waals surface area contributed by atoms with E-state index in [0.717, 1.165) is 36.8 Å². The molecule has 0 radical (unpaired) electrons. The Labute approximate surface area is 237 Å². The van der Waals surface area contributed by atoms with Crippen LogP contribution in [0.4, 0.5) is 0 Å². The van der Waals surface area contributed by atoms with Crippen LogP contribution in [0.15, 0.2) is 72.8 Å². The van der Waals surface area contributed by atoms with E-state index in [1.165, 1.54) is 22.3 Å². The maximum atomic E-state index is 5.52. The fraction of sp³-hybridized carbons (Fsp3) is 0.294. The average molecular weight is 543 g/mol. The minimum absolute atomic E-state index is 0.612. The Morgan fingerprint density at radius 3 is 1.00 bits per heavy atom. The third-order valence-electron chi connectivity index (χ3n) is 7.04. The Kier molecular flexibility index (Phi) is 9.79. The van der Waals surface area contributed by atoms with Crippen molar-refractivity contribution >= 4 is 0 Å². The lowest BCUT2D eigenvalue weighted by atomic mass is 9.96. The third kappa shape index (κ3) is 6.63. The largest absolute Gasteiger partial charge is 0.493 e. The van der Waals surface area contributed by atoms with Crippen LogP contribution in [0.5, 0.6) is 34.5 Å². The van der Waals surface area contributed by atoms with Gasteiger partial charge < -0.3 is 28.4 Å². The van der Waals surface area contributed by atoms with Gasteiger partial charge in [-0.05, 0) is 83.3 Å². The van der Waals surface area contributed by atoms with Crippen LogP contribution in [-0.4, -0.2) is 42.7 Å². The molecule has 4 aromatic carbocycles. The Balaban J connectivity index is 1.47. The SMILES string of the molecule is COc1cc(CCc2cccc(-c3cccc(CCc4cc(OC)c(OC)c(OC)c4)c3)c2)cc(OC)c1OC. The van der Waals surface area contributed by atoms with Crippen molar-refractivity contribution in [2.24, 2.45) is 0 Å². The van der Waals surface area contributed by atoms with E-state index in [1.807, 2.05) is 24.3 Å². The van der Waals surface area contributed by atoms with E-state index in [9.17, 15) is 0 Å². The number of aryl methyl sites for hydroxylation is 4. The molecule has 0 aliphatic carbocycles. The number of hydrogen-bond donors (Lipinski definition) is 0. The van der Waals surface area contributed by atoms with Crippen LogP contribution in [0.2, 0.25) is 0 Å². The maximum Gasteiger partial charge on any atom is 0.203 e. The average Bonchev–Trinajstić information content (AvgIpc) is 3.01. The molecule has 0 saturated heterocycles. The molecule has 0 saturated carbocycles. The zero-order chi connectivity index (χ0) is 28.5. The molecule has 40 heavy (non-hydrogen) atoms. The van der Waals surface area contributed by atoms with E-state index < -0.39 is 0 Å². The van der Waals surface area contributed by atoms with Crippen molar-refractivity contribution in [2.75, 3.05) is 42.7 Å². The van der Waals surface area contributed by atoms with Gasteiger partial charge in [0.2, 0.25) is 11.5 Å². The molecule has 0 amide bonds. The first-order valence-electron chi connectivity index (χ1n) is 13.3. The van der Waals surface area contributed by atoms with E-state index >= 15 is 0 Å². The van der Waals surface area contributed by atoms with E-state index in [0.29, 0.717) is 34.5 Å². The summed E-state index contributed by atoms with van der Waals surface area (Å²) in [6, 6.07) is 25.6. The Morgan fingerprint density at radius 1 is 0.375 bits per heavy atom. The summed E-state index contributed by atoms with van der Waals surface area (Å²) in [5, 5.41) is 0. The molecule has 0 atom stereocenters. The topological polar surface area (TPSA) is 55.4 Å². The van der Waals surface area contributed by atoms with Crippen LogP contribution in [0.3, 0.4) is 0 Å². The summed E-state index contributed by atoms with van der Waals surface area (Å²) < 4.78 is 33.0. The normalized spacial score (nSPS) is 10.7. The van der Waals surface area contributed by atoms with E-state index in [-0.39, 0.29) is 0 Å². The van der Waals surface area contributed by atoms with Crippen molar-refractivity contribution in [1.82, 2.24) is 0 Å². The second-order valence-electron chi connectivity index (χ2n) is 9.47. The van der Waals surface area contributed by atoms with Gasteiger partial charge in [-0.2, -0.15) is 0 Å². The summed E-state index contributed by atoms with van der Waals surface area (Å²) in [7, 11) is 9.81. The molecule has 4 rings (SSSR count). The smallest absolute Gasteiger partial charge is 0.203 e. The quantitative estimate of drug-likeness (QED) is 0.182. The Hall–Kier alpha value is -4.32. The monoisotopic (exact) mass is 542 g/mol. The van der Waals surface area contributed by atoms with Crippen LogP contribution >= 0.6 is 0 Å². The molecule has 0 aliphatic heterocycles. The predicted octanol–water partition coefficient (Wildman–Crippen LogP) is 6.98. The van der Waals surface area contributed by atoms with Crippen molar-refractivity contribution < 1.29 is 28.4 Å². The standard InChI is InChI=1S/C34H38O6/c1-35-29-19-25(20-30(36-2)33(29)39-5)15-13-23-9-7-11-27(17-23)28-12-8-10-24(18-28)14-16-26-21-31(37-3)34(40-6)32(22-26)38-4/h7-12,17-22H,13-16H2,1-6H3. The molecule has 0 spiro atoms. The highest BCUT2D eigenvalue weighted by Crippen LogP contribution is 2.39. The summed E-state index contributed by atoms with van der Waals surface area (Å²) in [5.41, 5.74) is 7.22. The first kappa shape index (κ1) is 28.7. The van der Waals surface area contributed by atoms with Gasteiger partial charge in [0.05, 0.1) is 42.7 Å². The molecule has 6 nitrogen and oxygen atoms in total. The van der Waals surface area contributed by atoms with Crippen LogP contribution < -0.4 is 28.4 Å². The van der Waals surface area contributed by atoms with Gasteiger partial charge in [0.15, 0.2) is 23.0 Å². The van der Waals surface area contributed by atoms with Gasteiger partial charge in [0.1, 0.15) is 0 Å². The number of benzene rings is 4. The summed E-state index contributed by atoms with van der Waals surface area (Å²) >= 11 is 0. The number of hydrogen-bond acceptors (Lipinski definition) is 6. The fourth-order valence-electron chi connectivity index (χ4n) is 4.95. The van der Waals surface area contributed by atoms with Gasteiger partial charge in [-0.3, -0.25) is 0 Å².